The van der Waals surface area contributed by atoms with E-state index < -0.39 is 11.7 Å². The van der Waals surface area contributed by atoms with Gasteiger partial charge in [-0.3, -0.25) is 4.98 Å². The summed E-state index contributed by atoms with van der Waals surface area (Å²) < 4.78 is 52.9. The summed E-state index contributed by atoms with van der Waals surface area (Å²) in [6.45, 7) is 1.87. The molecule has 3 heterocycles. The molecule has 208 valence electrons. The molecular formula is C31H26F3N5O2. The summed E-state index contributed by atoms with van der Waals surface area (Å²) in [5.74, 6) is 1.70. The summed E-state index contributed by atoms with van der Waals surface area (Å²) in [7, 11) is 2.00. The number of pyridine rings is 1. The maximum atomic E-state index is 13.7. The van der Waals surface area contributed by atoms with E-state index in [1.165, 1.54) is 12.3 Å². The van der Waals surface area contributed by atoms with Crippen molar-refractivity contribution >= 4 is 28.1 Å². The number of anilines is 3. The van der Waals surface area contributed by atoms with Gasteiger partial charge in [0.05, 0.1) is 35.6 Å². The molecule has 0 radical (unpaired) electrons. The molecule has 0 fully saturated rings. The molecule has 3 aromatic carbocycles. The fourth-order valence-electron chi connectivity index (χ4n) is 4.75. The Labute approximate surface area is 234 Å². The Hall–Kier alpha value is -4.70. The molecule has 0 amide bonds. The van der Waals surface area contributed by atoms with Crippen molar-refractivity contribution in [2.45, 2.75) is 19.4 Å². The van der Waals surface area contributed by atoms with Crippen LogP contribution in [0.25, 0.3) is 22.2 Å². The predicted molar refractivity (Wildman–Crippen MR) is 151 cm³/mol. The summed E-state index contributed by atoms with van der Waals surface area (Å²) in [5.41, 5.74) is 2.54. The standard InChI is InChI=1S/C31H26F3N5O2/c1-39-14-15-41-27-12-10-22(17-26(27)39)36-30-23-11-9-21(29-24(31(32,33)34)8-5-13-35-29)16-25(23)37-28(38-30)19-40-18-20-6-3-2-4-7-20/h2-13,16-17H,14-15,18-19H2,1H3,(H,36,37,38). The molecule has 0 saturated heterocycles. The van der Waals surface area contributed by atoms with Gasteiger partial charge in [0.2, 0.25) is 0 Å². The predicted octanol–water partition coefficient (Wildman–Crippen LogP) is 7.00. The minimum atomic E-state index is -4.54. The van der Waals surface area contributed by atoms with Crippen LogP contribution in [0.3, 0.4) is 0 Å². The van der Waals surface area contributed by atoms with Crippen LogP contribution < -0.4 is 15.0 Å². The smallest absolute Gasteiger partial charge is 0.418 e. The monoisotopic (exact) mass is 557 g/mol. The third-order valence-electron chi connectivity index (χ3n) is 6.79. The number of nitrogens with zero attached hydrogens (tertiary/aromatic N) is 4. The van der Waals surface area contributed by atoms with E-state index in [4.69, 9.17) is 14.5 Å². The summed E-state index contributed by atoms with van der Waals surface area (Å²) in [5, 5.41) is 4.02. The van der Waals surface area contributed by atoms with Gasteiger partial charge in [-0.25, -0.2) is 9.97 Å². The third kappa shape index (κ3) is 5.78. The van der Waals surface area contributed by atoms with E-state index in [2.05, 4.69) is 20.2 Å². The Bertz CT molecular complexity index is 1700. The summed E-state index contributed by atoms with van der Waals surface area (Å²) in [4.78, 5) is 15.5. The first-order chi connectivity index (χ1) is 19.8. The molecule has 1 N–H and O–H groups in total. The number of ether oxygens (including phenoxy) is 2. The number of fused-ring (bicyclic) bond motifs is 2. The molecule has 6 rings (SSSR count). The van der Waals surface area contributed by atoms with E-state index in [-0.39, 0.29) is 12.3 Å². The molecule has 1 aliphatic rings. The lowest BCUT2D eigenvalue weighted by Crippen LogP contribution is -2.28. The molecule has 7 nitrogen and oxygen atoms in total. The Morgan fingerprint density at radius 2 is 1.80 bits per heavy atom. The van der Waals surface area contributed by atoms with Crippen molar-refractivity contribution in [3.63, 3.8) is 0 Å². The van der Waals surface area contributed by atoms with Gasteiger partial charge < -0.3 is 19.7 Å². The molecule has 10 heteroatoms. The van der Waals surface area contributed by atoms with Gasteiger partial charge in [-0.05, 0) is 48.0 Å². The highest BCUT2D eigenvalue weighted by atomic mass is 19.4. The van der Waals surface area contributed by atoms with Gasteiger partial charge in [0.25, 0.3) is 0 Å². The first-order valence-electron chi connectivity index (χ1n) is 13.0. The Morgan fingerprint density at radius 1 is 0.951 bits per heavy atom. The average molecular weight is 558 g/mol. The van der Waals surface area contributed by atoms with Crippen molar-refractivity contribution in [2.75, 3.05) is 30.4 Å². The van der Waals surface area contributed by atoms with E-state index in [1.54, 1.807) is 18.2 Å². The second-order valence-corrected chi connectivity index (χ2v) is 9.67. The second-order valence-electron chi connectivity index (χ2n) is 9.67. The van der Waals surface area contributed by atoms with E-state index >= 15 is 0 Å². The van der Waals surface area contributed by atoms with Crippen molar-refractivity contribution in [1.29, 1.82) is 0 Å². The van der Waals surface area contributed by atoms with Crippen molar-refractivity contribution in [3.05, 3.63) is 102 Å². The maximum absolute atomic E-state index is 13.7. The minimum Gasteiger partial charge on any atom is -0.490 e. The maximum Gasteiger partial charge on any atom is 0.418 e. The molecule has 5 aromatic rings. The normalized spacial score (nSPS) is 13.1. The lowest BCUT2D eigenvalue weighted by molar-refractivity contribution is -0.137. The van der Waals surface area contributed by atoms with Crippen molar-refractivity contribution < 1.29 is 22.6 Å². The van der Waals surface area contributed by atoms with Crippen molar-refractivity contribution in [2.24, 2.45) is 0 Å². The molecular weight excluding hydrogens is 531 g/mol. The Kier molecular flexibility index (Phi) is 7.15. The number of alkyl halides is 3. The SMILES string of the molecule is CN1CCOc2ccc(Nc3nc(COCc4ccccc4)nc4cc(-c5ncccc5C(F)(F)F)ccc34)cc21. The summed E-state index contributed by atoms with van der Waals surface area (Å²) in [6.07, 6.45) is -3.20. The van der Waals surface area contributed by atoms with Gasteiger partial charge in [-0.2, -0.15) is 13.2 Å². The van der Waals surface area contributed by atoms with Gasteiger partial charge in [-0.15, -0.1) is 0 Å². The molecule has 0 aliphatic carbocycles. The van der Waals surface area contributed by atoms with Crippen LogP contribution in [0.5, 0.6) is 5.75 Å². The van der Waals surface area contributed by atoms with Crippen LogP contribution in [0, 0.1) is 0 Å². The lowest BCUT2D eigenvalue weighted by atomic mass is 10.0. The minimum absolute atomic E-state index is 0.113. The Balaban J connectivity index is 1.38. The molecule has 0 atom stereocenters. The number of halogens is 3. The lowest BCUT2D eigenvalue weighted by Gasteiger charge is -2.28. The number of benzene rings is 3. The first kappa shape index (κ1) is 26.5. The molecule has 0 unspecified atom stereocenters. The highest BCUT2D eigenvalue weighted by Gasteiger charge is 2.34. The van der Waals surface area contributed by atoms with Crippen LogP contribution in [0.15, 0.2) is 85.1 Å². The zero-order valence-corrected chi connectivity index (χ0v) is 22.2. The van der Waals surface area contributed by atoms with Crippen molar-refractivity contribution in [1.82, 2.24) is 15.0 Å². The first-order valence-corrected chi connectivity index (χ1v) is 13.0. The van der Waals surface area contributed by atoms with Gasteiger partial charge in [0, 0.05) is 29.9 Å². The average Bonchev–Trinajstić information content (AvgIpc) is 2.97. The number of aromatic nitrogens is 3. The highest BCUT2D eigenvalue weighted by Crippen LogP contribution is 2.38. The van der Waals surface area contributed by atoms with Crippen molar-refractivity contribution in [3.8, 4) is 17.0 Å². The van der Waals surface area contributed by atoms with E-state index in [0.717, 1.165) is 35.3 Å². The van der Waals surface area contributed by atoms with E-state index in [1.807, 2.05) is 55.6 Å². The van der Waals surface area contributed by atoms with Crippen LogP contribution in [0.1, 0.15) is 17.0 Å². The largest absolute Gasteiger partial charge is 0.490 e. The van der Waals surface area contributed by atoms with Crippen LogP contribution in [0.2, 0.25) is 0 Å². The quantitative estimate of drug-likeness (QED) is 0.231. The van der Waals surface area contributed by atoms with E-state index in [9.17, 15) is 13.2 Å². The van der Waals surface area contributed by atoms with Gasteiger partial charge >= 0.3 is 6.18 Å². The number of nitrogens with one attached hydrogen (secondary N) is 1. The van der Waals surface area contributed by atoms with Crippen LogP contribution in [-0.4, -0.2) is 35.2 Å². The second kappa shape index (κ2) is 11.1. The zero-order valence-electron chi connectivity index (χ0n) is 22.2. The number of hydrogen-bond acceptors (Lipinski definition) is 7. The number of rotatable bonds is 7. The fourth-order valence-corrected chi connectivity index (χ4v) is 4.75. The van der Waals surface area contributed by atoms with Crippen LogP contribution in [0.4, 0.5) is 30.4 Å². The molecule has 41 heavy (non-hydrogen) atoms. The molecule has 0 spiro atoms. The van der Waals surface area contributed by atoms with Gasteiger partial charge in [-0.1, -0.05) is 36.4 Å². The highest BCUT2D eigenvalue weighted by molar-refractivity contribution is 5.93. The molecule has 1 aliphatic heterocycles. The third-order valence-corrected chi connectivity index (χ3v) is 6.79. The van der Waals surface area contributed by atoms with Gasteiger partial charge in [0.1, 0.15) is 24.8 Å². The molecule has 0 saturated carbocycles. The topological polar surface area (TPSA) is 72.4 Å². The van der Waals surface area contributed by atoms with Crippen LogP contribution >= 0.6 is 0 Å². The fraction of sp³-hybridized carbons (Fsp3) is 0.194. The zero-order chi connectivity index (χ0) is 28.4. The molecule has 2 aromatic heterocycles. The summed E-state index contributed by atoms with van der Waals surface area (Å²) >= 11 is 0. The van der Waals surface area contributed by atoms with E-state index in [0.29, 0.717) is 41.3 Å². The van der Waals surface area contributed by atoms with Gasteiger partial charge in [0.15, 0.2) is 5.82 Å². The number of likely N-dealkylation sites (N-methyl/N-ethyl adjacent to an activating group) is 1. The molecule has 0 bridgehead atoms. The summed E-state index contributed by atoms with van der Waals surface area (Å²) in [6, 6.07) is 22.7. The number of hydrogen-bond donors (Lipinski definition) is 1. The van der Waals surface area contributed by atoms with Crippen LogP contribution in [-0.2, 0) is 24.1 Å². The Morgan fingerprint density at radius 3 is 2.63 bits per heavy atom.